The third-order valence-electron chi connectivity index (χ3n) is 6.61. The Kier molecular flexibility index (Phi) is 3.44. The fourth-order valence-corrected chi connectivity index (χ4v) is 4.91. The van der Waals surface area contributed by atoms with E-state index >= 15 is 0 Å². The second-order valence-corrected chi connectivity index (χ2v) is 8.76. The topological polar surface area (TPSA) is 26.3 Å². The molecule has 0 radical (unpaired) electrons. The largest absolute Gasteiger partial charge is 0.455 e. The van der Waals surface area contributed by atoms with Gasteiger partial charge in [0.1, 0.15) is 22.3 Å². The summed E-state index contributed by atoms with van der Waals surface area (Å²) < 4.78 is 12.7. The van der Waals surface area contributed by atoms with Crippen LogP contribution < -0.4 is 0 Å². The summed E-state index contributed by atoms with van der Waals surface area (Å²) in [6.07, 6.45) is 0. The van der Waals surface area contributed by atoms with Gasteiger partial charge in [-0.15, -0.1) is 0 Å². The molecule has 32 heavy (non-hydrogen) atoms. The molecule has 0 saturated heterocycles. The molecule has 0 aliphatic carbocycles. The van der Waals surface area contributed by atoms with Gasteiger partial charge in [-0.1, -0.05) is 47.5 Å². The Hall–Kier alpha value is -4.04. The highest BCUT2D eigenvalue weighted by Gasteiger charge is 2.16. The predicted molar refractivity (Wildman–Crippen MR) is 133 cm³/mol. The summed E-state index contributed by atoms with van der Waals surface area (Å²) in [5.74, 6) is 0. The van der Waals surface area contributed by atoms with Gasteiger partial charge >= 0.3 is 0 Å². The number of fused-ring (bicyclic) bond motifs is 9. The summed E-state index contributed by atoms with van der Waals surface area (Å²) in [6, 6.07) is 30.1. The third kappa shape index (κ3) is 2.41. The molecular formula is C30H20O2. The van der Waals surface area contributed by atoms with Crippen LogP contribution in [-0.2, 0) is 0 Å². The van der Waals surface area contributed by atoms with Gasteiger partial charge in [0.2, 0.25) is 0 Å². The Bertz CT molecular complexity index is 1830. The van der Waals surface area contributed by atoms with Crippen molar-refractivity contribution in [2.24, 2.45) is 0 Å². The van der Waals surface area contributed by atoms with E-state index in [2.05, 4.69) is 98.8 Å². The molecule has 2 heterocycles. The summed E-state index contributed by atoms with van der Waals surface area (Å²) in [5, 5.41) is 6.75. The van der Waals surface area contributed by atoms with E-state index in [1.165, 1.54) is 22.3 Å². The average Bonchev–Trinajstić information content (AvgIpc) is 3.37. The van der Waals surface area contributed by atoms with Gasteiger partial charge in [0, 0.05) is 32.3 Å². The molecule has 0 aliphatic rings. The van der Waals surface area contributed by atoms with Crippen LogP contribution in [0.1, 0.15) is 11.1 Å². The fraction of sp³-hybridized carbons (Fsp3) is 0.0667. The average molecular weight is 412 g/mol. The maximum absolute atomic E-state index is 6.38. The molecule has 0 amide bonds. The summed E-state index contributed by atoms with van der Waals surface area (Å²) in [5.41, 5.74) is 8.58. The van der Waals surface area contributed by atoms with Gasteiger partial charge in [0.05, 0.1) is 0 Å². The molecule has 2 nitrogen and oxygen atoms in total. The Labute approximate surface area is 184 Å². The van der Waals surface area contributed by atoms with Gasteiger partial charge in [-0.25, -0.2) is 0 Å². The molecule has 152 valence electrons. The molecule has 0 bridgehead atoms. The van der Waals surface area contributed by atoms with E-state index in [1.807, 2.05) is 0 Å². The van der Waals surface area contributed by atoms with Crippen LogP contribution in [0.25, 0.3) is 65.8 Å². The zero-order valence-corrected chi connectivity index (χ0v) is 17.9. The van der Waals surface area contributed by atoms with Crippen molar-refractivity contribution in [2.75, 3.05) is 0 Å². The lowest BCUT2D eigenvalue weighted by Crippen LogP contribution is -1.79. The molecule has 0 N–H and O–H groups in total. The molecule has 7 aromatic rings. The summed E-state index contributed by atoms with van der Waals surface area (Å²) in [4.78, 5) is 0. The fourth-order valence-electron chi connectivity index (χ4n) is 4.91. The molecule has 0 aliphatic heterocycles. The number of rotatable bonds is 1. The molecule has 0 spiro atoms. The number of hydrogen-bond donors (Lipinski definition) is 0. The number of benzene rings is 5. The van der Waals surface area contributed by atoms with Crippen LogP contribution in [-0.4, -0.2) is 0 Å². The predicted octanol–water partition coefficient (Wildman–Crippen LogP) is 8.92. The summed E-state index contributed by atoms with van der Waals surface area (Å²) in [6.45, 7) is 4.23. The van der Waals surface area contributed by atoms with Crippen LogP contribution in [0.4, 0.5) is 0 Å². The number of furan rings is 2. The maximum atomic E-state index is 6.38. The normalized spacial score (nSPS) is 12.1. The van der Waals surface area contributed by atoms with Crippen molar-refractivity contribution in [1.29, 1.82) is 0 Å². The van der Waals surface area contributed by atoms with E-state index in [4.69, 9.17) is 8.83 Å². The molecule has 7 rings (SSSR count). The smallest absolute Gasteiger partial charge is 0.143 e. The summed E-state index contributed by atoms with van der Waals surface area (Å²) in [7, 11) is 0. The first-order chi connectivity index (χ1) is 15.7. The van der Waals surface area contributed by atoms with Crippen LogP contribution in [0.15, 0.2) is 93.8 Å². The zero-order valence-electron chi connectivity index (χ0n) is 17.9. The molecule has 0 fully saturated rings. The van der Waals surface area contributed by atoms with Crippen LogP contribution >= 0.6 is 0 Å². The summed E-state index contributed by atoms with van der Waals surface area (Å²) >= 11 is 0. The molecule has 0 atom stereocenters. The number of aryl methyl sites for hydroxylation is 2. The van der Waals surface area contributed by atoms with Crippen molar-refractivity contribution in [3.05, 3.63) is 96.1 Å². The lowest BCUT2D eigenvalue weighted by atomic mass is 10.00. The molecule has 5 aromatic carbocycles. The van der Waals surface area contributed by atoms with Crippen LogP contribution in [0.5, 0.6) is 0 Å². The minimum absolute atomic E-state index is 0.906. The number of hydrogen-bond acceptors (Lipinski definition) is 2. The minimum atomic E-state index is 0.906. The van der Waals surface area contributed by atoms with Crippen LogP contribution in [0.2, 0.25) is 0 Å². The molecule has 2 heteroatoms. The van der Waals surface area contributed by atoms with Crippen molar-refractivity contribution < 1.29 is 8.83 Å². The molecular weight excluding hydrogens is 392 g/mol. The van der Waals surface area contributed by atoms with Gasteiger partial charge in [0.25, 0.3) is 0 Å². The van der Waals surface area contributed by atoms with Crippen molar-refractivity contribution in [3.63, 3.8) is 0 Å². The Morgan fingerprint density at radius 2 is 0.875 bits per heavy atom. The molecule has 0 unspecified atom stereocenters. The first kappa shape index (κ1) is 17.6. The van der Waals surface area contributed by atoms with Gasteiger partial charge in [0.15, 0.2) is 0 Å². The first-order valence-electron chi connectivity index (χ1n) is 10.9. The van der Waals surface area contributed by atoms with Crippen molar-refractivity contribution in [2.45, 2.75) is 13.8 Å². The van der Waals surface area contributed by atoms with Gasteiger partial charge in [-0.3, -0.25) is 0 Å². The van der Waals surface area contributed by atoms with Crippen LogP contribution in [0, 0.1) is 13.8 Å². The second-order valence-electron chi connectivity index (χ2n) is 8.76. The standard InChI is InChI=1S/C30H20O2/c1-17-3-6-19(7-4-17)20-8-14-28-26(16-20)24-12-10-21-22(30(24)32-28)9-11-23-25-15-18(2)5-13-27(25)31-29(21)23/h3-16H,1-2H3. The SMILES string of the molecule is Cc1ccc(-c2ccc3oc4c(ccc5c4ccc4c6cc(C)ccc6oc45)c3c2)cc1. The maximum Gasteiger partial charge on any atom is 0.143 e. The molecule has 2 aromatic heterocycles. The second kappa shape index (κ2) is 6.24. The minimum Gasteiger partial charge on any atom is -0.455 e. The van der Waals surface area contributed by atoms with Crippen LogP contribution in [0.3, 0.4) is 0 Å². The van der Waals surface area contributed by atoms with Crippen molar-refractivity contribution >= 4 is 54.6 Å². The Morgan fingerprint density at radius 1 is 0.406 bits per heavy atom. The first-order valence-corrected chi connectivity index (χ1v) is 10.9. The zero-order chi connectivity index (χ0) is 21.4. The quantitative estimate of drug-likeness (QED) is 0.269. The molecule has 0 saturated carbocycles. The third-order valence-corrected chi connectivity index (χ3v) is 6.61. The Balaban J connectivity index is 1.51. The van der Waals surface area contributed by atoms with E-state index in [0.717, 1.165) is 54.6 Å². The van der Waals surface area contributed by atoms with Gasteiger partial charge in [-0.2, -0.15) is 0 Å². The lowest BCUT2D eigenvalue weighted by Gasteiger charge is -2.02. The van der Waals surface area contributed by atoms with Crippen molar-refractivity contribution in [1.82, 2.24) is 0 Å². The highest BCUT2D eigenvalue weighted by atomic mass is 16.3. The van der Waals surface area contributed by atoms with Gasteiger partial charge < -0.3 is 8.83 Å². The van der Waals surface area contributed by atoms with E-state index < -0.39 is 0 Å². The lowest BCUT2D eigenvalue weighted by molar-refractivity contribution is 0.669. The van der Waals surface area contributed by atoms with Gasteiger partial charge in [-0.05, 0) is 73.5 Å². The Morgan fingerprint density at radius 3 is 1.50 bits per heavy atom. The highest BCUT2D eigenvalue weighted by Crippen LogP contribution is 2.40. The highest BCUT2D eigenvalue weighted by molar-refractivity contribution is 6.22. The monoisotopic (exact) mass is 412 g/mol. The van der Waals surface area contributed by atoms with E-state index in [0.29, 0.717) is 0 Å². The van der Waals surface area contributed by atoms with E-state index in [-0.39, 0.29) is 0 Å². The van der Waals surface area contributed by atoms with Crippen molar-refractivity contribution in [3.8, 4) is 11.1 Å². The van der Waals surface area contributed by atoms with E-state index in [9.17, 15) is 0 Å². The van der Waals surface area contributed by atoms with E-state index in [1.54, 1.807) is 0 Å².